The van der Waals surface area contributed by atoms with Crippen molar-refractivity contribution in [2.24, 2.45) is 11.1 Å². The molecular formula is C15H23NO. The highest BCUT2D eigenvalue weighted by Gasteiger charge is 2.50. The van der Waals surface area contributed by atoms with Crippen molar-refractivity contribution in [1.29, 1.82) is 0 Å². The molecule has 1 aliphatic rings. The molecule has 2 N–H and O–H groups in total. The van der Waals surface area contributed by atoms with E-state index in [1.807, 2.05) is 6.07 Å². The molecule has 3 atom stereocenters. The first-order valence-corrected chi connectivity index (χ1v) is 6.61. The summed E-state index contributed by atoms with van der Waals surface area (Å²) in [7, 11) is 0. The van der Waals surface area contributed by atoms with Gasteiger partial charge in [-0.1, -0.05) is 32.9 Å². The quantitative estimate of drug-likeness (QED) is 0.867. The highest BCUT2D eigenvalue weighted by molar-refractivity contribution is 5.29. The van der Waals surface area contributed by atoms with E-state index < -0.39 is 0 Å². The maximum atomic E-state index is 6.09. The van der Waals surface area contributed by atoms with Crippen LogP contribution < -0.4 is 10.5 Å². The van der Waals surface area contributed by atoms with Gasteiger partial charge in [-0.25, -0.2) is 0 Å². The lowest BCUT2D eigenvalue weighted by Gasteiger charge is -2.51. The Hall–Kier alpha value is -1.02. The summed E-state index contributed by atoms with van der Waals surface area (Å²) in [6.07, 6.45) is 3.37. The van der Waals surface area contributed by atoms with Gasteiger partial charge in [0.1, 0.15) is 11.9 Å². The van der Waals surface area contributed by atoms with E-state index in [1.54, 1.807) is 0 Å². The topological polar surface area (TPSA) is 35.2 Å². The van der Waals surface area contributed by atoms with Gasteiger partial charge in [-0.05, 0) is 30.5 Å². The Balaban J connectivity index is 2.06. The Bertz CT molecular complexity index is 390. The number of hydrogen-bond acceptors (Lipinski definition) is 2. The zero-order chi connectivity index (χ0) is 12.5. The minimum atomic E-state index is 0.141. The van der Waals surface area contributed by atoms with Crippen LogP contribution in [0.2, 0.25) is 0 Å². The normalized spacial score (nSPS) is 32.0. The van der Waals surface area contributed by atoms with Gasteiger partial charge in [0, 0.05) is 17.9 Å². The molecule has 1 saturated carbocycles. The van der Waals surface area contributed by atoms with Gasteiger partial charge in [-0.3, -0.25) is 0 Å². The summed E-state index contributed by atoms with van der Waals surface area (Å²) in [5.41, 5.74) is 7.55. The van der Waals surface area contributed by atoms with Crippen LogP contribution in [0.15, 0.2) is 24.3 Å². The number of hydrogen-bond donors (Lipinski definition) is 1. The van der Waals surface area contributed by atoms with E-state index in [2.05, 4.69) is 39.0 Å². The largest absolute Gasteiger partial charge is 0.490 e. The smallest absolute Gasteiger partial charge is 0.120 e. The van der Waals surface area contributed by atoms with Crippen LogP contribution in [-0.4, -0.2) is 12.1 Å². The van der Waals surface area contributed by atoms with Crippen LogP contribution in [0, 0.1) is 5.41 Å². The third-order valence-electron chi connectivity index (χ3n) is 4.40. The molecule has 94 valence electrons. The van der Waals surface area contributed by atoms with Crippen molar-refractivity contribution in [3.63, 3.8) is 0 Å². The Kier molecular flexibility index (Phi) is 3.43. The van der Waals surface area contributed by atoms with Crippen molar-refractivity contribution in [2.45, 2.75) is 52.2 Å². The summed E-state index contributed by atoms with van der Waals surface area (Å²) in [6, 6.07) is 8.67. The second-order valence-corrected chi connectivity index (χ2v) is 5.31. The molecular weight excluding hydrogens is 210 g/mol. The Labute approximate surface area is 104 Å². The lowest BCUT2D eigenvalue weighted by molar-refractivity contribution is -0.0560. The molecule has 1 fully saturated rings. The van der Waals surface area contributed by atoms with Gasteiger partial charge in [0.05, 0.1) is 0 Å². The van der Waals surface area contributed by atoms with Crippen molar-refractivity contribution in [3.05, 3.63) is 29.8 Å². The maximum absolute atomic E-state index is 6.09. The molecule has 2 rings (SSSR count). The third kappa shape index (κ3) is 2.19. The van der Waals surface area contributed by atoms with Crippen LogP contribution >= 0.6 is 0 Å². The Morgan fingerprint density at radius 1 is 1.41 bits per heavy atom. The summed E-state index contributed by atoms with van der Waals surface area (Å²) in [4.78, 5) is 0. The number of benzene rings is 1. The van der Waals surface area contributed by atoms with E-state index in [1.165, 1.54) is 5.56 Å². The summed E-state index contributed by atoms with van der Waals surface area (Å²) in [6.45, 7) is 6.59. The average molecular weight is 233 g/mol. The Morgan fingerprint density at radius 2 is 2.18 bits per heavy atom. The van der Waals surface area contributed by atoms with Gasteiger partial charge in [-0.15, -0.1) is 0 Å². The summed E-state index contributed by atoms with van der Waals surface area (Å²) in [5, 5.41) is 0. The molecule has 1 aromatic rings. The van der Waals surface area contributed by atoms with E-state index >= 15 is 0 Å². The van der Waals surface area contributed by atoms with Gasteiger partial charge in [0.2, 0.25) is 0 Å². The number of nitrogens with two attached hydrogens (primary N) is 1. The minimum absolute atomic E-state index is 0.141. The first kappa shape index (κ1) is 12.4. The van der Waals surface area contributed by atoms with Crippen LogP contribution in [0.1, 0.15) is 39.2 Å². The van der Waals surface area contributed by atoms with Crippen LogP contribution in [-0.2, 0) is 6.42 Å². The maximum Gasteiger partial charge on any atom is 0.120 e. The van der Waals surface area contributed by atoms with Gasteiger partial charge >= 0.3 is 0 Å². The zero-order valence-electron chi connectivity index (χ0n) is 11.1. The van der Waals surface area contributed by atoms with Crippen LogP contribution in [0.4, 0.5) is 0 Å². The van der Waals surface area contributed by atoms with E-state index in [9.17, 15) is 0 Å². The molecule has 3 unspecified atom stereocenters. The lowest BCUT2D eigenvalue weighted by Crippen LogP contribution is -2.61. The van der Waals surface area contributed by atoms with E-state index in [-0.39, 0.29) is 17.6 Å². The molecule has 0 amide bonds. The molecule has 0 heterocycles. The molecule has 0 spiro atoms. The van der Waals surface area contributed by atoms with Crippen LogP contribution in [0.25, 0.3) is 0 Å². The molecule has 0 aliphatic heterocycles. The van der Waals surface area contributed by atoms with Crippen molar-refractivity contribution in [3.8, 4) is 5.75 Å². The van der Waals surface area contributed by atoms with Crippen molar-refractivity contribution in [1.82, 2.24) is 0 Å². The highest BCUT2D eigenvalue weighted by Crippen LogP contribution is 2.44. The molecule has 1 aromatic carbocycles. The molecule has 0 aromatic heterocycles. The van der Waals surface area contributed by atoms with Crippen molar-refractivity contribution < 1.29 is 4.74 Å². The highest BCUT2D eigenvalue weighted by atomic mass is 16.5. The number of aryl methyl sites for hydroxylation is 1. The van der Waals surface area contributed by atoms with Gasteiger partial charge in [0.25, 0.3) is 0 Å². The first-order chi connectivity index (χ1) is 8.10. The zero-order valence-corrected chi connectivity index (χ0v) is 11.1. The summed E-state index contributed by atoms with van der Waals surface area (Å²) >= 11 is 0. The van der Waals surface area contributed by atoms with Crippen molar-refractivity contribution in [2.75, 3.05) is 0 Å². The monoisotopic (exact) mass is 233 g/mol. The van der Waals surface area contributed by atoms with E-state index in [0.717, 1.165) is 25.0 Å². The second kappa shape index (κ2) is 4.69. The molecule has 2 heteroatoms. The van der Waals surface area contributed by atoms with Gasteiger partial charge in [0.15, 0.2) is 0 Å². The molecule has 0 bridgehead atoms. The minimum Gasteiger partial charge on any atom is -0.490 e. The van der Waals surface area contributed by atoms with E-state index in [0.29, 0.717) is 0 Å². The third-order valence-corrected chi connectivity index (χ3v) is 4.40. The lowest BCUT2D eigenvalue weighted by atomic mass is 9.62. The predicted octanol–water partition coefficient (Wildman–Crippen LogP) is 3.14. The molecule has 2 nitrogen and oxygen atoms in total. The standard InChI is InChI=1S/C15H23NO/c1-4-11-7-6-8-12(9-11)17-14-10-13(16)15(14,3)5-2/h6-9,13-14H,4-5,10,16H2,1-3H3. The summed E-state index contributed by atoms with van der Waals surface area (Å²) < 4.78 is 6.09. The second-order valence-electron chi connectivity index (χ2n) is 5.31. The SMILES string of the molecule is CCc1cccc(OC2CC(N)C2(C)CC)c1. The Morgan fingerprint density at radius 3 is 2.76 bits per heavy atom. The summed E-state index contributed by atoms with van der Waals surface area (Å²) in [5.74, 6) is 0.987. The number of ether oxygens (including phenoxy) is 1. The fourth-order valence-corrected chi connectivity index (χ4v) is 2.52. The number of rotatable bonds is 4. The fourth-order valence-electron chi connectivity index (χ4n) is 2.52. The average Bonchev–Trinajstić information content (AvgIpc) is 2.37. The fraction of sp³-hybridized carbons (Fsp3) is 0.600. The molecule has 0 radical (unpaired) electrons. The van der Waals surface area contributed by atoms with E-state index in [4.69, 9.17) is 10.5 Å². The van der Waals surface area contributed by atoms with Gasteiger partial charge in [-0.2, -0.15) is 0 Å². The van der Waals surface area contributed by atoms with Crippen molar-refractivity contribution >= 4 is 0 Å². The van der Waals surface area contributed by atoms with Gasteiger partial charge < -0.3 is 10.5 Å². The molecule has 0 saturated heterocycles. The van der Waals surface area contributed by atoms with Crippen LogP contribution in [0.3, 0.4) is 0 Å². The first-order valence-electron chi connectivity index (χ1n) is 6.61. The molecule has 17 heavy (non-hydrogen) atoms. The predicted molar refractivity (Wildman–Crippen MR) is 71.2 cm³/mol. The van der Waals surface area contributed by atoms with Crippen LogP contribution in [0.5, 0.6) is 5.75 Å². The molecule has 1 aliphatic carbocycles.